The zero-order valence-corrected chi connectivity index (χ0v) is 38.7. The molecule has 9 N–H and O–H groups in total. The number of carbonyl (C=O) groups excluding carboxylic acids is 1. The van der Waals surface area contributed by atoms with Gasteiger partial charge in [0.2, 0.25) is 0 Å². The Kier molecular flexibility index (Phi) is 14.2. The first-order valence-electron chi connectivity index (χ1n) is 24.4. The second-order valence-corrected chi connectivity index (χ2v) is 21.7. The van der Waals surface area contributed by atoms with Crippen molar-refractivity contribution in [2.75, 3.05) is 13.2 Å². The third kappa shape index (κ3) is 8.75. The lowest BCUT2D eigenvalue weighted by molar-refractivity contribution is -0.355. The van der Waals surface area contributed by atoms with Gasteiger partial charge in [0.1, 0.15) is 49.3 Å². The van der Waals surface area contributed by atoms with Gasteiger partial charge >= 0.3 is 5.97 Å². The van der Waals surface area contributed by atoms with E-state index in [4.69, 9.17) is 42.6 Å². The normalized spacial score (nSPS) is 55.3. The summed E-state index contributed by atoms with van der Waals surface area (Å²) in [5, 5.41) is 97.9. The molecule has 0 radical (unpaired) electrons. The summed E-state index contributed by atoms with van der Waals surface area (Å²) in [5.41, 5.74) is -0.783. The molecule has 0 bridgehead atoms. The fourth-order valence-corrected chi connectivity index (χ4v) is 14.4. The van der Waals surface area contributed by atoms with Crippen molar-refractivity contribution >= 4 is 5.97 Å². The number of hydrogen-bond donors (Lipinski definition) is 9. The van der Waals surface area contributed by atoms with Gasteiger partial charge in [-0.1, -0.05) is 13.8 Å². The molecule has 0 amide bonds. The summed E-state index contributed by atoms with van der Waals surface area (Å²) in [4.78, 5) is 12.0. The fourth-order valence-electron chi connectivity index (χ4n) is 14.4. The SMILES string of the molecule is C[C@H]1O[C@@H](O[C@H]2CC[C@@]3(C)C(CCC4C3CC[C@]3(C)[C@@H](C5=CC(=O)OC5)[C@@H](O)C[C@]43O)C2)C[C@H](O)[C@@H]1O[C@H]1C[C@H](O)[C@H](O[C@H]2C[C@H](O)[C@H](O[C@@H]3O[C@H](CO)[C@@H](O)[C@H](O)[C@H]3O)[C@@H](C)O2)[C@@H](C)O1. The number of fused-ring (bicyclic) bond motifs is 5. The highest BCUT2D eigenvalue weighted by Gasteiger charge is 2.70. The van der Waals surface area contributed by atoms with Crippen LogP contribution >= 0.6 is 0 Å². The Morgan fingerprint density at radius 1 is 0.652 bits per heavy atom. The Balaban J connectivity index is 0.735. The second kappa shape index (κ2) is 18.9. The Morgan fingerprint density at radius 3 is 1.77 bits per heavy atom. The smallest absolute Gasteiger partial charge is 0.331 e. The first kappa shape index (κ1) is 49.5. The third-order valence-corrected chi connectivity index (χ3v) is 17.9. The molecular weight excluding hydrogens is 868 g/mol. The van der Waals surface area contributed by atoms with Gasteiger partial charge in [0.15, 0.2) is 25.2 Å². The van der Waals surface area contributed by atoms with E-state index in [1.165, 1.54) is 6.08 Å². The molecular formula is C47H74O19. The molecule has 26 atom stereocenters. The molecule has 3 unspecified atom stereocenters. The van der Waals surface area contributed by atoms with E-state index in [-0.39, 0.29) is 55.2 Å². The molecule has 4 aliphatic carbocycles. The van der Waals surface area contributed by atoms with E-state index >= 15 is 0 Å². The molecule has 0 aromatic carbocycles. The van der Waals surface area contributed by atoms with Gasteiger partial charge in [-0.05, 0) is 94.5 Å². The summed E-state index contributed by atoms with van der Waals surface area (Å²) in [6.07, 6.45) is -10.5. The number of rotatable bonds is 10. The molecule has 5 heterocycles. The monoisotopic (exact) mass is 942 g/mol. The summed E-state index contributed by atoms with van der Waals surface area (Å²) in [5.74, 6) is 0.0525. The molecule has 376 valence electrons. The molecule has 0 aromatic heterocycles. The van der Waals surface area contributed by atoms with Crippen molar-refractivity contribution in [3.63, 3.8) is 0 Å². The van der Waals surface area contributed by atoms with E-state index < -0.39 is 128 Å². The topological polar surface area (TPSA) is 282 Å². The molecule has 0 aromatic rings. The summed E-state index contributed by atoms with van der Waals surface area (Å²) in [6.45, 7) is 9.20. The molecule has 4 saturated heterocycles. The molecule has 19 heteroatoms. The van der Waals surface area contributed by atoms with E-state index in [2.05, 4.69) is 13.8 Å². The van der Waals surface area contributed by atoms with E-state index in [1.54, 1.807) is 13.8 Å². The van der Waals surface area contributed by atoms with Crippen molar-refractivity contribution in [3.8, 4) is 0 Å². The van der Waals surface area contributed by atoms with Crippen molar-refractivity contribution in [3.05, 3.63) is 11.6 Å². The minimum absolute atomic E-state index is 0.000750. The van der Waals surface area contributed by atoms with Crippen LogP contribution in [0.1, 0.15) is 105 Å². The second-order valence-electron chi connectivity index (χ2n) is 21.7. The number of aliphatic hydroxyl groups is 9. The van der Waals surface area contributed by atoms with Crippen molar-refractivity contribution in [1.82, 2.24) is 0 Å². The van der Waals surface area contributed by atoms with Crippen molar-refractivity contribution in [1.29, 1.82) is 0 Å². The largest absolute Gasteiger partial charge is 0.458 e. The van der Waals surface area contributed by atoms with Gasteiger partial charge in [0.25, 0.3) is 0 Å². The number of ether oxygens (including phenoxy) is 9. The van der Waals surface area contributed by atoms with Crippen LogP contribution in [0, 0.1) is 34.5 Å². The van der Waals surface area contributed by atoms with Gasteiger partial charge in [-0.2, -0.15) is 0 Å². The predicted octanol–water partition coefficient (Wildman–Crippen LogP) is 0.0423. The maximum atomic E-state index is 12.6. The molecule has 4 saturated carbocycles. The molecule has 9 rings (SSSR count). The van der Waals surface area contributed by atoms with Gasteiger partial charge in [0, 0.05) is 43.1 Å². The van der Waals surface area contributed by atoms with Crippen LogP contribution in [-0.4, -0.2) is 187 Å². The average molecular weight is 943 g/mol. The lowest BCUT2D eigenvalue weighted by Crippen LogP contribution is -2.62. The minimum atomic E-state index is -1.65. The Labute approximate surface area is 385 Å². The first-order chi connectivity index (χ1) is 31.2. The van der Waals surface area contributed by atoms with Crippen molar-refractivity contribution in [2.45, 2.75) is 228 Å². The van der Waals surface area contributed by atoms with E-state index in [0.717, 1.165) is 50.5 Å². The van der Waals surface area contributed by atoms with Crippen molar-refractivity contribution in [2.24, 2.45) is 34.5 Å². The van der Waals surface area contributed by atoms with Crippen LogP contribution in [0.2, 0.25) is 0 Å². The minimum Gasteiger partial charge on any atom is -0.458 e. The molecule has 66 heavy (non-hydrogen) atoms. The predicted molar refractivity (Wildman–Crippen MR) is 225 cm³/mol. The summed E-state index contributed by atoms with van der Waals surface area (Å²) < 4.78 is 53.9. The van der Waals surface area contributed by atoms with Crippen LogP contribution < -0.4 is 0 Å². The van der Waals surface area contributed by atoms with E-state index in [0.29, 0.717) is 18.3 Å². The molecule has 9 aliphatic rings. The van der Waals surface area contributed by atoms with Crippen LogP contribution in [-0.2, 0) is 47.4 Å². The van der Waals surface area contributed by atoms with Gasteiger partial charge in [-0.15, -0.1) is 0 Å². The maximum Gasteiger partial charge on any atom is 0.331 e. The van der Waals surface area contributed by atoms with Crippen LogP contribution in [0.15, 0.2) is 11.6 Å². The summed E-state index contributed by atoms with van der Waals surface area (Å²) in [7, 11) is 0. The maximum absolute atomic E-state index is 12.6. The molecule has 8 fully saturated rings. The highest BCUT2D eigenvalue weighted by molar-refractivity contribution is 5.85. The third-order valence-electron chi connectivity index (χ3n) is 17.9. The molecule has 19 nitrogen and oxygen atoms in total. The first-order valence-corrected chi connectivity index (χ1v) is 24.4. The van der Waals surface area contributed by atoms with Crippen LogP contribution in [0.5, 0.6) is 0 Å². The summed E-state index contributed by atoms with van der Waals surface area (Å²) >= 11 is 0. The molecule has 5 aliphatic heterocycles. The summed E-state index contributed by atoms with van der Waals surface area (Å²) in [6, 6.07) is 0. The van der Waals surface area contributed by atoms with Crippen LogP contribution in [0.4, 0.5) is 0 Å². The zero-order valence-electron chi connectivity index (χ0n) is 38.7. The zero-order chi connectivity index (χ0) is 47.2. The van der Waals surface area contributed by atoms with Gasteiger partial charge < -0.3 is 88.6 Å². The Morgan fingerprint density at radius 2 is 1.23 bits per heavy atom. The average Bonchev–Trinajstić information content (AvgIpc) is 3.77. The van der Waals surface area contributed by atoms with E-state index in [9.17, 15) is 50.8 Å². The number of carbonyl (C=O) groups is 1. The van der Waals surface area contributed by atoms with Gasteiger partial charge in [-0.3, -0.25) is 0 Å². The highest BCUT2D eigenvalue weighted by Crippen LogP contribution is 2.70. The number of hydrogen-bond acceptors (Lipinski definition) is 19. The Bertz CT molecular complexity index is 1720. The lowest BCUT2D eigenvalue weighted by atomic mass is 9.43. The van der Waals surface area contributed by atoms with Crippen LogP contribution in [0.25, 0.3) is 0 Å². The Hall–Kier alpha value is -1.47. The van der Waals surface area contributed by atoms with Gasteiger partial charge in [0.05, 0.1) is 61.0 Å². The fraction of sp³-hybridized carbons (Fsp3) is 0.936. The standard InChI is InChI=1S/C47H74O19/c1-20-41(64-35-15-29(50)42(21(2)60-35)65-36-16-30(51)43(22(3)61-36)66-44-40(56)39(55)38(54)32(18-48)63-44)28(49)14-34(59-20)62-25-8-10-45(4)24(13-25)6-7-27-26(45)9-11-46(5)37(23-12-33(53)58-19-23)31(52)17-47(27,46)57/h12,20-22,24-32,34-44,48-52,54-57H,6-11,13-19H2,1-5H3/t20-,21-,22-,24?,25+,26?,27?,28+,29+,30+,31+,32-,34+,35+,36+,37+,38-,39+,40-,41-,42-,43-,44+,45+,46-,47+/m1/s1. The number of aliphatic hydroxyl groups excluding tert-OH is 8. The van der Waals surface area contributed by atoms with Crippen LogP contribution in [0.3, 0.4) is 0 Å². The van der Waals surface area contributed by atoms with E-state index in [1.807, 2.05) is 6.92 Å². The van der Waals surface area contributed by atoms with Crippen molar-refractivity contribution < 1.29 is 93.4 Å². The number of cyclic esters (lactones) is 1. The molecule has 0 spiro atoms. The van der Waals surface area contributed by atoms with Gasteiger partial charge in [-0.25, -0.2) is 4.79 Å². The number of esters is 1. The quantitative estimate of drug-likeness (QED) is 0.103. The lowest BCUT2D eigenvalue weighted by Gasteiger charge is -2.63. The highest BCUT2D eigenvalue weighted by atomic mass is 16.8.